The van der Waals surface area contributed by atoms with Gasteiger partial charge in [0.05, 0.1) is 11.1 Å². The van der Waals surface area contributed by atoms with Crippen LogP contribution in [0.2, 0.25) is 0 Å². The van der Waals surface area contributed by atoms with E-state index in [4.69, 9.17) is 4.74 Å². The van der Waals surface area contributed by atoms with Gasteiger partial charge in [0.25, 0.3) is 5.91 Å². The number of nitrogens with zero attached hydrogens (tertiary/aromatic N) is 1. The van der Waals surface area contributed by atoms with E-state index in [0.717, 1.165) is 44.4 Å². The largest absolute Gasteiger partial charge is 0.456 e. The van der Waals surface area contributed by atoms with Crippen LogP contribution in [0.4, 0.5) is 0 Å². The third kappa shape index (κ3) is 6.41. The van der Waals surface area contributed by atoms with E-state index in [-0.39, 0.29) is 11.9 Å². The van der Waals surface area contributed by atoms with Crippen molar-refractivity contribution in [1.29, 1.82) is 0 Å². The van der Waals surface area contributed by atoms with E-state index in [0.29, 0.717) is 17.7 Å². The average Bonchev–Trinajstić information content (AvgIpc) is 3.21. The van der Waals surface area contributed by atoms with Crippen molar-refractivity contribution in [3.63, 3.8) is 0 Å². The van der Waals surface area contributed by atoms with Crippen LogP contribution in [-0.4, -0.2) is 22.0 Å². The molecule has 220 valence electrons. The maximum Gasteiger partial charge on any atom is 0.339 e. The highest BCUT2D eigenvalue weighted by Crippen LogP contribution is 2.30. The molecule has 43 heavy (non-hydrogen) atoms. The van der Waals surface area contributed by atoms with Crippen LogP contribution in [-0.2, 0) is 16.8 Å². The number of aryl methyl sites for hydroxylation is 1. The zero-order chi connectivity index (χ0) is 30.9. The molecule has 0 bridgehead atoms. The van der Waals surface area contributed by atoms with Gasteiger partial charge in [0.2, 0.25) is 0 Å². The van der Waals surface area contributed by atoms with Crippen LogP contribution in [0.15, 0.2) is 97.1 Å². The molecule has 5 aromatic rings. The number of benzene rings is 4. The quantitative estimate of drug-likeness (QED) is 0.199. The molecule has 5 nitrogen and oxygen atoms in total. The summed E-state index contributed by atoms with van der Waals surface area (Å²) >= 11 is 0. The summed E-state index contributed by atoms with van der Waals surface area (Å²) in [5, 5.41) is 4.27. The lowest BCUT2D eigenvalue weighted by Gasteiger charge is -2.27. The predicted molar refractivity (Wildman–Crippen MR) is 174 cm³/mol. The van der Waals surface area contributed by atoms with Crippen molar-refractivity contribution >= 4 is 22.8 Å². The topological polar surface area (TPSA) is 60.3 Å². The van der Waals surface area contributed by atoms with Gasteiger partial charge in [-0.3, -0.25) is 4.79 Å². The molecule has 1 amide bonds. The number of ether oxygens (including phenoxy) is 1. The number of carbonyl (C=O) groups is 2. The van der Waals surface area contributed by atoms with Gasteiger partial charge in [0.1, 0.15) is 5.60 Å². The molecule has 0 saturated heterocycles. The summed E-state index contributed by atoms with van der Waals surface area (Å²) in [7, 11) is 0. The van der Waals surface area contributed by atoms with E-state index in [2.05, 4.69) is 48.0 Å². The monoisotopic (exact) mass is 572 g/mol. The van der Waals surface area contributed by atoms with E-state index >= 15 is 0 Å². The highest BCUT2D eigenvalue weighted by Gasteiger charge is 2.24. The zero-order valence-corrected chi connectivity index (χ0v) is 26.1. The number of hydrogen-bond donors (Lipinski definition) is 1. The smallest absolute Gasteiger partial charge is 0.339 e. The average molecular weight is 573 g/mol. The van der Waals surface area contributed by atoms with Crippen molar-refractivity contribution in [3.05, 3.63) is 131 Å². The predicted octanol–water partition coefficient (Wildman–Crippen LogP) is 8.59. The molecular formula is C38H40N2O3. The summed E-state index contributed by atoms with van der Waals surface area (Å²) in [6, 6.07) is 31.9. The molecule has 1 aromatic heterocycles. The molecule has 1 heterocycles. The molecule has 0 fully saturated rings. The number of rotatable bonds is 7. The van der Waals surface area contributed by atoms with Gasteiger partial charge in [-0.25, -0.2) is 4.79 Å². The van der Waals surface area contributed by atoms with Gasteiger partial charge in [-0.1, -0.05) is 72.8 Å². The van der Waals surface area contributed by atoms with Crippen molar-refractivity contribution in [2.45, 2.75) is 66.2 Å². The summed E-state index contributed by atoms with van der Waals surface area (Å²) in [5.74, 6) is -0.420. The maximum absolute atomic E-state index is 13.3. The zero-order valence-electron chi connectivity index (χ0n) is 26.1. The van der Waals surface area contributed by atoms with Crippen LogP contribution >= 0.6 is 0 Å². The van der Waals surface area contributed by atoms with Crippen LogP contribution in [0.3, 0.4) is 0 Å². The Kier molecular flexibility index (Phi) is 8.02. The van der Waals surface area contributed by atoms with Crippen LogP contribution in [0.25, 0.3) is 22.0 Å². The number of amides is 1. The van der Waals surface area contributed by atoms with Gasteiger partial charge in [0.15, 0.2) is 0 Å². The Morgan fingerprint density at radius 2 is 1.44 bits per heavy atom. The fourth-order valence-electron chi connectivity index (χ4n) is 5.50. The molecule has 0 aliphatic carbocycles. The Balaban J connectivity index is 1.38. The highest BCUT2D eigenvalue weighted by atomic mass is 16.6. The van der Waals surface area contributed by atoms with Crippen molar-refractivity contribution in [1.82, 2.24) is 9.88 Å². The minimum atomic E-state index is -0.563. The molecule has 0 saturated carbocycles. The van der Waals surface area contributed by atoms with Crippen molar-refractivity contribution in [2.24, 2.45) is 0 Å². The van der Waals surface area contributed by atoms with Crippen LogP contribution in [0, 0.1) is 13.8 Å². The molecule has 0 atom stereocenters. The first-order valence-electron chi connectivity index (χ1n) is 14.7. The Morgan fingerprint density at radius 1 is 0.791 bits per heavy atom. The second-order valence-electron chi connectivity index (χ2n) is 12.7. The summed E-state index contributed by atoms with van der Waals surface area (Å²) < 4.78 is 7.94. The first kappa shape index (κ1) is 29.8. The number of nitrogens with one attached hydrogen (secondary N) is 1. The molecule has 5 heteroatoms. The Hall–Kier alpha value is -4.64. The van der Waals surface area contributed by atoms with Crippen molar-refractivity contribution < 1.29 is 14.3 Å². The maximum atomic E-state index is 13.3. The fourth-order valence-corrected chi connectivity index (χ4v) is 5.50. The van der Waals surface area contributed by atoms with Gasteiger partial charge in [-0.15, -0.1) is 0 Å². The highest BCUT2D eigenvalue weighted by molar-refractivity contribution is 6.00. The van der Waals surface area contributed by atoms with Gasteiger partial charge < -0.3 is 14.6 Å². The molecule has 0 unspecified atom stereocenters. The Labute approximate surface area is 254 Å². The number of fused-ring (bicyclic) bond motifs is 1. The molecule has 1 N–H and O–H groups in total. The summed E-state index contributed by atoms with van der Waals surface area (Å²) in [5.41, 5.74) is 7.57. The van der Waals surface area contributed by atoms with Gasteiger partial charge in [0, 0.05) is 28.7 Å². The fraction of sp³-hybridized carbons (Fsp3) is 0.263. The SMILES string of the molecule is Cc1c(C)n(Cc2ccc(-c3ccccc3C(=O)OC(C)(C)C)cc2)c2ccc(C(=O)NC(C)(C)c3ccccc3)cc12. The van der Waals surface area contributed by atoms with Gasteiger partial charge in [-0.05, 0) is 101 Å². The van der Waals surface area contributed by atoms with Crippen molar-refractivity contribution in [2.75, 3.05) is 0 Å². The molecule has 0 radical (unpaired) electrons. The molecule has 0 aliphatic rings. The van der Waals surface area contributed by atoms with E-state index in [1.54, 1.807) is 0 Å². The van der Waals surface area contributed by atoms with Gasteiger partial charge in [-0.2, -0.15) is 0 Å². The molecule has 4 aromatic carbocycles. The van der Waals surface area contributed by atoms with E-state index in [1.165, 1.54) is 0 Å². The summed E-state index contributed by atoms with van der Waals surface area (Å²) in [4.78, 5) is 26.2. The van der Waals surface area contributed by atoms with Crippen LogP contribution < -0.4 is 5.32 Å². The molecule has 0 aliphatic heterocycles. The second kappa shape index (κ2) is 11.6. The Morgan fingerprint density at radius 3 is 2.12 bits per heavy atom. The van der Waals surface area contributed by atoms with Crippen LogP contribution in [0.1, 0.15) is 77.7 Å². The van der Waals surface area contributed by atoms with Crippen molar-refractivity contribution in [3.8, 4) is 11.1 Å². The summed E-state index contributed by atoms with van der Waals surface area (Å²) in [6.45, 7) is 14.6. The van der Waals surface area contributed by atoms with Crippen LogP contribution in [0.5, 0.6) is 0 Å². The lowest BCUT2D eigenvalue weighted by Crippen LogP contribution is -2.40. The first-order valence-corrected chi connectivity index (χ1v) is 14.7. The first-order chi connectivity index (χ1) is 20.3. The third-order valence-electron chi connectivity index (χ3n) is 7.97. The summed E-state index contributed by atoms with van der Waals surface area (Å²) in [6.07, 6.45) is 0. The van der Waals surface area contributed by atoms with E-state index in [9.17, 15) is 9.59 Å². The Bertz CT molecular complexity index is 1790. The van der Waals surface area contributed by atoms with Gasteiger partial charge >= 0.3 is 5.97 Å². The molecular weight excluding hydrogens is 532 g/mol. The number of carbonyl (C=O) groups excluding carboxylic acids is 2. The van der Waals surface area contributed by atoms with E-state index < -0.39 is 11.1 Å². The molecule has 0 spiro atoms. The second-order valence-corrected chi connectivity index (χ2v) is 12.7. The van der Waals surface area contributed by atoms with E-state index in [1.807, 2.05) is 107 Å². The minimum absolute atomic E-state index is 0.0946. The number of hydrogen-bond acceptors (Lipinski definition) is 3. The standard InChI is InChI=1S/C38H40N2O3/c1-25-26(2)40(34-22-21-29(23-33(25)34)35(41)39-38(6,7)30-13-9-8-10-14-30)24-27-17-19-28(20-18-27)31-15-11-12-16-32(31)36(42)43-37(3,4)5/h8-23H,24H2,1-7H3,(H,39,41). The minimum Gasteiger partial charge on any atom is -0.456 e. The lowest BCUT2D eigenvalue weighted by molar-refractivity contribution is 0.00703. The molecule has 5 rings (SSSR count). The third-order valence-corrected chi connectivity index (χ3v) is 7.97. The number of aromatic nitrogens is 1. The lowest BCUT2D eigenvalue weighted by atomic mass is 9.94. The number of esters is 1. The normalized spacial score (nSPS) is 11.9.